The van der Waals surface area contributed by atoms with Crippen LogP contribution in [0.2, 0.25) is 0 Å². The molecule has 8 heteroatoms. The zero-order valence-electron chi connectivity index (χ0n) is 14.0. The first-order chi connectivity index (χ1) is 10.3. The summed E-state index contributed by atoms with van der Waals surface area (Å²) in [4.78, 5) is 15.9. The van der Waals surface area contributed by atoms with E-state index in [2.05, 4.69) is 11.8 Å². The van der Waals surface area contributed by atoms with Crippen molar-refractivity contribution in [1.29, 1.82) is 0 Å². The monoisotopic (exact) mass is 335 g/mol. The van der Waals surface area contributed by atoms with Crippen LogP contribution < -0.4 is 0 Å². The highest BCUT2D eigenvalue weighted by Crippen LogP contribution is 2.03. The van der Waals surface area contributed by atoms with Gasteiger partial charge in [-0.3, -0.25) is 9.69 Å². The number of unbranched alkanes of at least 4 members (excludes halogenated alkanes) is 1. The minimum atomic E-state index is -3.39. The standard InChI is InChI=1S/C14H29N3O4S/c1-4-5-6-15(2)14(18)13-17(22(3,19)20)8-7-16-9-11-21-12-10-16/h4-13H2,1-3H3. The molecule has 0 aromatic heterocycles. The summed E-state index contributed by atoms with van der Waals surface area (Å²) in [7, 11) is -1.66. The number of sulfonamides is 1. The molecule has 0 saturated carbocycles. The topological polar surface area (TPSA) is 70.2 Å². The lowest BCUT2D eigenvalue weighted by atomic mass is 10.3. The minimum Gasteiger partial charge on any atom is -0.379 e. The SMILES string of the molecule is CCCCN(C)C(=O)CN(CCN1CCOCC1)S(C)(=O)=O. The molecular weight excluding hydrogens is 306 g/mol. The summed E-state index contributed by atoms with van der Waals surface area (Å²) in [6.45, 7) is 6.58. The summed E-state index contributed by atoms with van der Waals surface area (Å²) in [5.74, 6) is -0.152. The van der Waals surface area contributed by atoms with Gasteiger partial charge in [0.25, 0.3) is 0 Å². The van der Waals surface area contributed by atoms with Gasteiger partial charge in [0.05, 0.1) is 26.0 Å². The Morgan fingerprint density at radius 2 is 1.86 bits per heavy atom. The third-order valence-corrected chi connectivity index (χ3v) is 5.07. The maximum atomic E-state index is 12.1. The van der Waals surface area contributed by atoms with Gasteiger partial charge in [0.2, 0.25) is 15.9 Å². The average molecular weight is 335 g/mol. The van der Waals surface area contributed by atoms with E-state index < -0.39 is 10.0 Å². The normalized spacial score (nSPS) is 16.9. The third-order valence-electron chi connectivity index (χ3n) is 3.82. The largest absolute Gasteiger partial charge is 0.379 e. The molecular formula is C14H29N3O4S. The fourth-order valence-electron chi connectivity index (χ4n) is 2.23. The lowest BCUT2D eigenvalue weighted by molar-refractivity contribution is -0.130. The van der Waals surface area contributed by atoms with E-state index in [0.29, 0.717) is 32.8 Å². The Kier molecular flexibility index (Phi) is 8.30. The van der Waals surface area contributed by atoms with Crippen LogP contribution in [-0.2, 0) is 19.6 Å². The molecule has 0 unspecified atom stereocenters. The zero-order chi connectivity index (χ0) is 16.6. The van der Waals surface area contributed by atoms with E-state index >= 15 is 0 Å². The third kappa shape index (κ3) is 7.04. The van der Waals surface area contributed by atoms with Crippen LogP contribution in [0.4, 0.5) is 0 Å². The van der Waals surface area contributed by atoms with Gasteiger partial charge in [-0.05, 0) is 6.42 Å². The maximum Gasteiger partial charge on any atom is 0.237 e. The number of rotatable bonds is 9. The molecule has 0 bridgehead atoms. The average Bonchev–Trinajstić information content (AvgIpc) is 2.48. The fourth-order valence-corrected chi connectivity index (χ4v) is 2.99. The summed E-state index contributed by atoms with van der Waals surface area (Å²) >= 11 is 0. The highest BCUT2D eigenvalue weighted by Gasteiger charge is 2.23. The Balaban J connectivity index is 2.51. The van der Waals surface area contributed by atoms with Crippen LogP contribution in [0, 0.1) is 0 Å². The minimum absolute atomic E-state index is 0.0800. The number of carbonyl (C=O) groups excluding carboxylic acids is 1. The first kappa shape index (κ1) is 19.3. The van der Waals surface area contributed by atoms with Gasteiger partial charge >= 0.3 is 0 Å². The molecule has 0 aliphatic carbocycles. The van der Waals surface area contributed by atoms with Gasteiger partial charge in [-0.25, -0.2) is 8.42 Å². The van der Waals surface area contributed by atoms with Gasteiger partial charge in [-0.1, -0.05) is 13.3 Å². The van der Waals surface area contributed by atoms with Crippen molar-refractivity contribution >= 4 is 15.9 Å². The Hall–Kier alpha value is -0.700. The second-order valence-electron chi connectivity index (χ2n) is 5.72. The second-order valence-corrected chi connectivity index (χ2v) is 7.70. The molecule has 1 amide bonds. The molecule has 7 nitrogen and oxygen atoms in total. The second kappa shape index (κ2) is 9.44. The van der Waals surface area contributed by atoms with Crippen molar-refractivity contribution in [1.82, 2.24) is 14.1 Å². The highest BCUT2D eigenvalue weighted by atomic mass is 32.2. The lowest BCUT2D eigenvalue weighted by Crippen LogP contribution is -2.46. The number of carbonyl (C=O) groups is 1. The van der Waals surface area contributed by atoms with Crippen LogP contribution in [-0.4, -0.2) is 94.2 Å². The molecule has 0 aromatic rings. The highest BCUT2D eigenvalue weighted by molar-refractivity contribution is 7.88. The molecule has 0 aromatic carbocycles. The molecule has 1 aliphatic rings. The van der Waals surface area contributed by atoms with Crippen LogP contribution in [0.3, 0.4) is 0 Å². The van der Waals surface area contributed by atoms with Gasteiger partial charge in [0, 0.05) is 39.8 Å². The molecule has 1 heterocycles. The number of hydrogen-bond donors (Lipinski definition) is 0. The van der Waals surface area contributed by atoms with Crippen molar-refractivity contribution in [2.75, 3.05) is 65.8 Å². The van der Waals surface area contributed by atoms with Gasteiger partial charge < -0.3 is 9.64 Å². The lowest BCUT2D eigenvalue weighted by Gasteiger charge is -2.29. The zero-order valence-corrected chi connectivity index (χ0v) is 14.8. The van der Waals surface area contributed by atoms with E-state index in [1.165, 1.54) is 4.31 Å². The molecule has 0 N–H and O–H groups in total. The fraction of sp³-hybridized carbons (Fsp3) is 0.929. The predicted octanol–water partition coefficient (Wildman–Crippen LogP) is -0.161. The molecule has 130 valence electrons. The van der Waals surface area contributed by atoms with Crippen molar-refractivity contribution in [2.45, 2.75) is 19.8 Å². The van der Waals surface area contributed by atoms with Crippen molar-refractivity contribution in [3.63, 3.8) is 0 Å². The number of hydrogen-bond acceptors (Lipinski definition) is 5. The van der Waals surface area contributed by atoms with E-state index in [1.807, 2.05) is 0 Å². The van der Waals surface area contributed by atoms with Crippen molar-refractivity contribution < 1.29 is 17.9 Å². The van der Waals surface area contributed by atoms with Gasteiger partial charge in [-0.15, -0.1) is 0 Å². The van der Waals surface area contributed by atoms with E-state index in [0.717, 1.165) is 32.2 Å². The molecule has 22 heavy (non-hydrogen) atoms. The Morgan fingerprint density at radius 3 is 2.41 bits per heavy atom. The van der Waals surface area contributed by atoms with Crippen molar-refractivity contribution in [2.24, 2.45) is 0 Å². The number of ether oxygens (including phenoxy) is 1. The quantitative estimate of drug-likeness (QED) is 0.585. The van der Waals surface area contributed by atoms with Crippen molar-refractivity contribution in [3.8, 4) is 0 Å². The molecule has 0 spiro atoms. The first-order valence-electron chi connectivity index (χ1n) is 7.83. The summed E-state index contributed by atoms with van der Waals surface area (Å²) in [6, 6.07) is 0. The van der Waals surface area contributed by atoms with Crippen LogP contribution in [0.5, 0.6) is 0 Å². The van der Waals surface area contributed by atoms with Crippen LogP contribution in [0.1, 0.15) is 19.8 Å². The molecule has 1 rings (SSSR count). The van der Waals surface area contributed by atoms with Crippen LogP contribution in [0.15, 0.2) is 0 Å². The Labute approximate surface area is 134 Å². The number of likely N-dealkylation sites (N-methyl/N-ethyl adjacent to an activating group) is 1. The Bertz CT molecular complexity index is 435. The van der Waals surface area contributed by atoms with E-state index in [9.17, 15) is 13.2 Å². The van der Waals surface area contributed by atoms with Gasteiger partial charge in [-0.2, -0.15) is 4.31 Å². The number of amides is 1. The summed E-state index contributed by atoms with van der Waals surface area (Å²) in [5.41, 5.74) is 0. The smallest absolute Gasteiger partial charge is 0.237 e. The predicted molar refractivity (Wildman–Crippen MR) is 86.2 cm³/mol. The van der Waals surface area contributed by atoms with Crippen LogP contribution in [0.25, 0.3) is 0 Å². The molecule has 1 aliphatic heterocycles. The maximum absolute atomic E-state index is 12.1. The summed E-state index contributed by atoms with van der Waals surface area (Å²) < 4.78 is 30.3. The van der Waals surface area contributed by atoms with Gasteiger partial charge in [0.15, 0.2) is 0 Å². The molecule has 0 radical (unpaired) electrons. The molecule has 1 fully saturated rings. The molecule has 0 atom stereocenters. The van der Waals surface area contributed by atoms with Crippen molar-refractivity contribution in [3.05, 3.63) is 0 Å². The van der Waals surface area contributed by atoms with E-state index in [-0.39, 0.29) is 12.5 Å². The van der Waals surface area contributed by atoms with E-state index in [1.54, 1.807) is 11.9 Å². The van der Waals surface area contributed by atoms with E-state index in [4.69, 9.17) is 4.74 Å². The summed E-state index contributed by atoms with van der Waals surface area (Å²) in [6.07, 6.45) is 3.09. The number of nitrogens with zero attached hydrogens (tertiary/aromatic N) is 3. The van der Waals surface area contributed by atoms with Crippen LogP contribution >= 0.6 is 0 Å². The first-order valence-corrected chi connectivity index (χ1v) is 9.68. The summed E-state index contributed by atoms with van der Waals surface area (Å²) in [5, 5.41) is 0. The molecule has 1 saturated heterocycles. The van der Waals surface area contributed by atoms with Gasteiger partial charge in [0.1, 0.15) is 0 Å². The Morgan fingerprint density at radius 1 is 1.23 bits per heavy atom. The number of morpholine rings is 1.